The second-order valence-electron chi connectivity index (χ2n) is 4.77. The second-order valence-corrected chi connectivity index (χ2v) is 5.62. The Labute approximate surface area is 149 Å². The summed E-state index contributed by atoms with van der Waals surface area (Å²) in [7, 11) is 0. The van der Waals surface area contributed by atoms with Crippen LogP contribution in [0.3, 0.4) is 0 Å². The summed E-state index contributed by atoms with van der Waals surface area (Å²) in [6.45, 7) is 0.0727. The number of pyridine rings is 1. The Morgan fingerprint density at radius 1 is 1.32 bits per heavy atom. The van der Waals surface area contributed by atoms with Gasteiger partial charge in [0.05, 0.1) is 22.1 Å². The van der Waals surface area contributed by atoms with Gasteiger partial charge in [-0.05, 0) is 18.2 Å². The van der Waals surface area contributed by atoms with Crippen LogP contribution in [0.25, 0.3) is 11.5 Å². The molecule has 3 aromatic rings. The lowest BCUT2D eigenvalue weighted by atomic mass is 10.2. The Morgan fingerprint density at radius 2 is 2.12 bits per heavy atom. The first-order chi connectivity index (χ1) is 11.9. The van der Waals surface area contributed by atoms with E-state index in [1.54, 1.807) is 0 Å². The molecular weight excluding hydrogens is 376 g/mol. The van der Waals surface area contributed by atoms with Crippen LogP contribution >= 0.6 is 23.2 Å². The quantitative estimate of drug-likeness (QED) is 0.521. The molecule has 0 amide bonds. The highest BCUT2D eigenvalue weighted by atomic mass is 35.5. The van der Waals surface area contributed by atoms with Gasteiger partial charge in [0.1, 0.15) is 17.8 Å². The predicted octanol–water partition coefficient (Wildman–Crippen LogP) is 4.10. The number of aromatic nitrogens is 3. The molecule has 1 N–H and O–H groups in total. The molecule has 0 unspecified atom stereocenters. The Morgan fingerprint density at radius 3 is 2.80 bits per heavy atom. The number of nitrogens with zero attached hydrogens (tertiary/aromatic N) is 4. The van der Waals surface area contributed by atoms with E-state index in [1.165, 1.54) is 18.2 Å². The van der Waals surface area contributed by atoms with Gasteiger partial charge in [-0.1, -0.05) is 28.4 Å². The second kappa shape index (κ2) is 6.99. The molecule has 3 rings (SSSR count). The maximum atomic E-state index is 13.8. The number of benzene rings is 1. The number of nitro groups is 1. The topological polar surface area (TPSA) is 107 Å². The van der Waals surface area contributed by atoms with Gasteiger partial charge >= 0.3 is 0 Å². The zero-order valence-electron chi connectivity index (χ0n) is 12.2. The summed E-state index contributed by atoms with van der Waals surface area (Å²) < 4.78 is 18.9. The van der Waals surface area contributed by atoms with E-state index in [1.807, 2.05) is 0 Å². The number of rotatable bonds is 5. The van der Waals surface area contributed by atoms with Crippen molar-refractivity contribution in [1.29, 1.82) is 0 Å². The van der Waals surface area contributed by atoms with Crippen LogP contribution in [0.4, 0.5) is 15.9 Å². The SMILES string of the molecule is O=[N+]([O-])c1cnc(NCc2noc(-c3ccc(Cl)cc3F)n2)c(Cl)c1. The molecule has 2 aromatic heterocycles. The fraction of sp³-hybridized carbons (Fsp3) is 0.0714. The molecule has 0 saturated heterocycles. The lowest BCUT2D eigenvalue weighted by Crippen LogP contribution is -2.04. The molecule has 0 aliphatic heterocycles. The monoisotopic (exact) mass is 383 g/mol. The van der Waals surface area contributed by atoms with Crippen LogP contribution in [0.15, 0.2) is 35.0 Å². The first kappa shape index (κ1) is 17.1. The van der Waals surface area contributed by atoms with E-state index in [2.05, 4.69) is 20.4 Å². The van der Waals surface area contributed by atoms with Crippen molar-refractivity contribution in [2.75, 3.05) is 5.32 Å². The largest absolute Gasteiger partial charge is 0.361 e. The third kappa shape index (κ3) is 3.83. The molecule has 25 heavy (non-hydrogen) atoms. The molecule has 8 nitrogen and oxygen atoms in total. The van der Waals surface area contributed by atoms with Gasteiger partial charge in [-0.15, -0.1) is 0 Å². The minimum absolute atomic E-state index is 0.00581. The summed E-state index contributed by atoms with van der Waals surface area (Å²) in [6, 6.07) is 5.24. The maximum Gasteiger partial charge on any atom is 0.289 e. The van der Waals surface area contributed by atoms with Crippen LogP contribution in [0.1, 0.15) is 5.82 Å². The number of anilines is 1. The molecule has 0 atom stereocenters. The molecule has 2 heterocycles. The molecule has 0 spiro atoms. The molecule has 0 aliphatic carbocycles. The van der Waals surface area contributed by atoms with Crippen molar-refractivity contribution in [3.05, 3.63) is 62.3 Å². The number of hydrogen-bond donors (Lipinski definition) is 1. The van der Waals surface area contributed by atoms with Crippen molar-refractivity contribution < 1.29 is 13.8 Å². The number of hydrogen-bond acceptors (Lipinski definition) is 7. The zero-order valence-corrected chi connectivity index (χ0v) is 13.8. The third-order valence-corrected chi connectivity index (χ3v) is 3.60. The summed E-state index contributed by atoms with van der Waals surface area (Å²) in [5, 5.41) is 17.5. The van der Waals surface area contributed by atoms with E-state index in [9.17, 15) is 14.5 Å². The van der Waals surface area contributed by atoms with E-state index in [0.717, 1.165) is 12.3 Å². The van der Waals surface area contributed by atoms with Gasteiger partial charge in [-0.2, -0.15) is 4.98 Å². The Kier molecular flexibility index (Phi) is 4.77. The number of nitrogens with one attached hydrogen (secondary N) is 1. The fourth-order valence-electron chi connectivity index (χ4n) is 1.92. The summed E-state index contributed by atoms with van der Waals surface area (Å²) in [4.78, 5) is 18.0. The van der Waals surface area contributed by atoms with E-state index in [0.29, 0.717) is 0 Å². The minimum atomic E-state index is -0.602. The maximum absolute atomic E-state index is 13.8. The summed E-state index contributed by atoms with van der Waals surface area (Å²) in [5.41, 5.74) is -0.106. The molecule has 0 fully saturated rings. The summed E-state index contributed by atoms with van der Waals surface area (Å²) in [5.74, 6) is -0.152. The van der Waals surface area contributed by atoms with Crippen LogP contribution in [0.2, 0.25) is 10.0 Å². The van der Waals surface area contributed by atoms with Crippen LogP contribution < -0.4 is 5.32 Å². The molecule has 11 heteroatoms. The van der Waals surface area contributed by atoms with Crippen molar-refractivity contribution in [3.8, 4) is 11.5 Å². The van der Waals surface area contributed by atoms with Gasteiger partial charge in [0.25, 0.3) is 11.6 Å². The standard InChI is InChI=1S/C14H8Cl2FN5O3/c15-7-1-2-9(11(17)3-7)14-20-12(21-25-14)6-19-13-10(16)4-8(5-18-13)22(23)24/h1-5H,6H2,(H,18,19). The van der Waals surface area contributed by atoms with Crippen molar-refractivity contribution in [3.63, 3.8) is 0 Å². The van der Waals surface area contributed by atoms with Crippen LogP contribution in [-0.2, 0) is 6.54 Å². The van der Waals surface area contributed by atoms with Crippen molar-refractivity contribution in [2.45, 2.75) is 6.54 Å². The minimum Gasteiger partial charge on any atom is -0.361 e. The molecule has 0 bridgehead atoms. The highest BCUT2D eigenvalue weighted by molar-refractivity contribution is 6.33. The first-order valence-corrected chi connectivity index (χ1v) is 7.51. The Bertz CT molecular complexity index is 950. The molecule has 128 valence electrons. The van der Waals surface area contributed by atoms with Crippen LogP contribution in [0, 0.1) is 15.9 Å². The van der Waals surface area contributed by atoms with Gasteiger partial charge in [-0.25, -0.2) is 9.37 Å². The molecular formula is C14H8Cl2FN5O3. The zero-order chi connectivity index (χ0) is 18.0. The lowest BCUT2D eigenvalue weighted by Gasteiger charge is -2.04. The van der Waals surface area contributed by atoms with Gasteiger partial charge in [0.2, 0.25) is 0 Å². The smallest absolute Gasteiger partial charge is 0.289 e. The highest BCUT2D eigenvalue weighted by Gasteiger charge is 2.15. The molecule has 0 radical (unpaired) electrons. The molecule has 0 saturated carbocycles. The molecule has 1 aromatic carbocycles. The predicted molar refractivity (Wildman–Crippen MR) is 87.9 cm³/mol. The average Bonchev–Trinajstić information content (AvgIpc) is 3.02. The summed E-state index contributed by atoms with van der Waals surface area (Å²) >= 11 is 11.6. The highest BCUT2D eigenvalue weighted by Crippen LogP contribution is 2.25. The van der Waals surface area contributed by atoms with Crippen molar-refractivity contribution >= 4 is 34.7 Å². The van der Waals surface area contributed by atoms with E-state index >= 15 is 0 Å². The van der Waals surface area contributed by atoms with Crippen molar-refractivity contribution in [2.24, 2.45) is 0 Å². The van der Waals surface area contributed by atoms with Gasteiger partial charge in [0, 0.05) is 11.1 Å². The van der Waals surface area contributed by atoms with E-state index in [4.69, 9.17) is 27.7 Å². The Balaban J connectivity index is 1.73. The van der Waals surface area contributed by atoms with Gasteiger partial charge in [-0.3, -0.25) is 10.1 Å². The van der Waals surface area contributed by atoms with Gasteiger partial charge < -0.3 is 9.84 Å². The lowest BCUT2D eigenvalue weighted by molar-refractivity contribution is -0.385. The Hall–Kier alpha value is -2.78. The fourth-order valence-corrected chi connectivity index (χ4v) is 2.30. The van der Waals surface area contributed by atoms with Crippen molar-refractivity contribution in [1.82, 2.24) is 15.1 Å². The van der Waals surface area contributed by atoms with Gasteiger partial charge in [0.15, 0.2) is 5.82 Å². The van der Waals surface area contributed by atoms with E-state index in [-0.39, 0.29) is 45.4 Å². The normalized spacial score (nSPS) is 10.7. The van der Waals surface area contributed by atoms with Crippen LogP contribution in [-0.4, -0.2) is 20.0 Å². The average molecular weight is 384 g/mol. The van der Waals surface area contributed by atoms with Crippen LogP contribution in [0.5, 0.6) is 0 Å². The number of halogens is 3. The third-order valence-electron chi connectivity index (χ3n) is 3.08. The first-order valence-electron chi connectivity index (χ1n) is 6.76. The van der Waals surface area contributed by atoms with E-state index < -0.39 is 10.7 Å². The summed E-state index contributed by atoms with van der Waals surface area (Å²) in [6.07, 6.45) is 1.07. The molecule has 0 aliphatic rings.